The zero-order chi connectivity index (χ0) is 16.7. The fraction of sp³-hybridized carbons (Fsp3) is 0.444. The average Bonchev–Trinajstić information content (AvgIpc) is 2.55. The summed E-state index contributed by atoms with van der Waals surface area (Å²) in [5.74, 6) is 1.49. The molecule has 0 saturated carbocycles. The zero-order valence-corrected chi connectivity index (χ0v) is 14.6. The molecule has 5 heteroatoms. The minimum atomic E-state index is 0.675. The minimum Gasteiger partial charge on any atom is -0.372 e. The molecule has 124 valence electrons. The summed E-state index contributed by atoms with van der Waals surface area (Å²) in [6.45, 7) is 11.4. The van der Waals surface area contributed by atoms with Crippen LogP contribution >= 0.6 is 0 Å². The maximum absolute atomic E-state index is 4.51. The fourth-order valence-corrected chi connectivity index (χ4v) is 2.44. The second-order valence-corrected chi connectivity index (χ2v) is 5.49. The van der Waals surface area contributed by atoms with Crippen molar-refractivity contribution in [2.75, 3.05) is 35.2 Å². The Kier molecular flexibility index (Phi) is 6.20. The van der Waals surface area contributed by atoms with Crippen molar-refractivity contribution in [3.05, 3.63) is 36.0 Å². The molecule has 1 aromatic heterocycles. The van der Waals surface area contributed by atoms with Crippen molar-refractivity contribution in [1.29, 1.82) is 0 Å². The van der Waals surface area contributed by atoms with E-state index in [4.69, 9.17) is 0 Å². The fourth-order valence-electron chi connectivity index (χ4n) is 2.44. The van der Waals surface area contributed by atoms with Gasteiger partial charge in [-0.15, -0.1) is 0 Å². The van der Waals surface area contributed by atoms with Gasteiger partial charge in [-0.05, 0) is 51.5 Å². The number of aryl methyl sites for hydroxylation is 1. The second kappa shape index (κ2) is 8.36. The standard InChI is InChI=1S/C18H27N5/c1-5-12-19-18-20-14(4)13-17(22-18)21-15-8-10-16(11-9-15)23(6-2)7-3/h8-11,13H,5-7,12H2,1-4H3,(H2,19,20,21,22). The number of hydrogen-bond donors (Lipinski definition) is 2. The van der Waals surface area contributed by atoms with Crippen LogP contribution in [0.4, 0.5) is 23.1 Å². The Bertz CT molecular complexity index is 605. The molecule has 0 amide bonds. The van der Waals surface area contributed by atoms with Gasteiger partial charge in [0.1, 0.15) is 5.82 Å². The molecule has 23 heavy (non-hydrogen) atoms. The van der Waals surface area contributed by atoms with Crippen molar-refractivity contribution in [2.24, 2.45) is 0 Å². The molecule has 2 aromatic rings. The van der Waals surface area contributed by atoms with E-state index in [0.717, 1.165) is 43.3 Å². The number of benzene rings is 1. The van der Waals surface area contributed by atoms with Gasteiger partial charge < -0.3 is 15.5 Å². The first-order valence-electron chi connectivity index (χ1n) is 8.37. The summed E-state index contributed by atoms with van der Waals surface area (Å²) in [4.78, 5) is 11.2. The van der Waals surface area contributed by atoms with Crippen molar-refractivity contribution in [3.8, 4) is 0 Å². The summed E-state index contributed by atoms with van der Waals surface area (Å²) in [5.41, 5.74) is 3.21. The largest absolute Gasteiger partial charge is 0.372 e. The molecule has 0 unspecified atom stereocenters. The van der Waals surface area contributed by atoms with E-state index in [-0.39, 0.29) is 0 Å². The maximum Gasteiger partial charge on any atom is 0.224 e. The lowest BCUT2D eigenvalue weighted by Gasteiger charge is -2.21. The van der Waals surface area contributed by atoms with Crippen LogP contribution in [0.2, 0.25) is 0 Å². The topological polar surface area (TPSA) is 53.1 Å². The normalized spacial score (nSPS) is 10.4. The third-order valence-corrected chi connectivity index (χ3v) is 3.66. The van der Waals surface area contributed by atoms with E-state index in [0.29, 0.717) is 5.95 Å². The Morgan fingerprint density at radius 3 is 2.30 bits per heavy atom. The van der Waals surface area contributed by atoms with Crippen LogP contribution in [0, 0.1) is 6.92 Å². The van der Waals surface area contributed by atoms with Gasteiger partial charge in [0.05, 0.1) is 0 Å². The van der Waals surface area contributed by atoms with Crippen LogP contribution in [-0.4, -0.2) is 29.6 Å². The van der Waals surface area contributed by atoms with Gasteiger partial charge in [0, 0.05) is 42.8 Å². The molecule has 0 fully saturated rings. The lowest BCUT2D eigenvalue weighted by molar-refractivity contribution is 0.866. The molecule has 1 heterocycles. The number of nitrogens with zero attached hydrogens (tertiary/aromatic N) is 3. The van der Waals surface area contributed by atoms with Gasteiger partial charge in [0.2, 0.25) is 5.95 Å². The lowest BCUT2D eigenvalue weighted by atomic mass is 10.2. The molecule has 0 saturated heterocycles. The average molecular weight is 313 g/mol. The monoisotopic (exact) mass is 313 g/mol. The number of rotatable bonds is 8. The predicted molar refractivity (Wildman–Crippen MR) is 98.8 cm³/mol. The summed E-state index contributed by atoms with van der Waals surface area (Å²) in [6, 6.07) is 10.4. The molecule has 2 N–H and O–H groups in total. The van der Waals surface area contributed by atoms with Crippen molar-refractivity contribution in [2.45, 2.75) is 34.1 Å². The van der Waals surface area contributed by atoms with E-state index >= 15 is 0 Å². The highest BCUT2D eigenvalue weighted by molar-refractivity contribution is 5.61. The summed E-state index contributed by atoms with van der Waals surface area (Å²) >= 11 is 0. The quantitative estimate of drug-likeness (QED) is 0.765. The molecule has 0 bridgehead atoms. The highest BCUT2D eigenvalue weighted by Crippen LogP contribution is 2.21. The highest BCUT2D eigenvalue weighted by atomic mass is 15.1. The van der Waals surface area contributed by atoms with E-state index in [2.05, 4.69) is 70.5 Å². The van der Waals surface area contributed by atoms with Crippen LogP contribution in [0.1, 0.15) is 32.9 Å². The van der Waals surface area contributed by atoms with Gasteiger partial charge in [-0.25, -0.2) is 4.98 Å². The summed E-state index contributed by atoms with van der Waals surface area (Å²) in [5, 5.41) is 6.59. The van der Waals surface area contributed by atoms with Crippen molar-refractivity contribution in [3.63, 3.8) is 0 Å². The predicted octanol–water partition coefficient (Wildman–Crippen LogP) is 4.20. The van der Waals surface area contributed by atoms with Gasteiger partial charge >= 0.3 is 0 Å². The third kappa shape index (κ3) is 4.84. The molecular formula is C18H27N5. The maximum atomic E-state index is 4.51. The minimum absolute atomic E-state index is 0.675. The molecule has 0 aliphatic rings. The number of nitrogens with one attached hydrogen (secondary N) is 2. The molecule has 0 radical (unpaired) electrons. The molecule has 1 aromatic carbocycles. The van der Waals surface area contributed by atoms with Crippen molar-refractivity contribution in [1.82, 2.24) is 9.97 Å². The van der Waals surface area contributed by atoms with E-state index in [9.17, 15) is 0 Å². The molecule has 0 aliphatic heterocycles. The van der Waals surface area contributed by atoms with Gasteiger partial charge in [-0.3, -0.25) is 0 Å². The van der Waals surface area contributed by atoms with Crippen LogP contribution in [-0.2, 0) is 0 Å². The molecule has 0 atom stereocenters. The summed E-state index contributed by atoms with van der Waals surface area (Å²) in [6.07, 6.45) is 1.05. The Morgan fingerprint density at radius 1 is 1.00 bits per heavy atom. The molecule has 0 spiro atoms. The lowest BCUT2D eigenvalue weighted by Crippen LogP contribution is -2.21. The van der Waals surface area contributed by atoms with Crippen molar-refractivity contribution >= 4 is 23.1 Å². The number of aromatic nitrogens is 2. The molecule has 0 aliphatic carbocycles. The van der Waals surface area contributed by atoms with E-state index in [1.807, 2.05) is 13.0 Å². The summed E-state index contributed by atoms with van der Waals surface area (Å²) in [7, 11) is 0. The smallest absolute Gasteiger partial charge is 0.224 e. The molecule has 2 rings (SSSR count). The zero-order valence-electron chi connectivity index (χ0n) is 14.6. The first kappa shape index (κ1) is 17.1. The number of anilines is 4. The Labute approximate surface area is 139 Å². The summed E-state index contributed by atoms with van der Waals surface area (Å²) < 4.78 is 0. The SMILES string of the molecule is CCCNc1nc(C)cc(Nc2ccc(N(CC)CC)cc2)n1. The number of hydrogen-bond acceptors (Lipinski definition) is 5. The van der Waals surface area contributed by atoms with Crippen LogP contribution in [0.3, 0.4) is 0 Å². The Morgan fingerprint density at radius 2 is 1.70 bits per heavy atom. The van der Waals surface area contributed by atoms with Crippen LogP contribution < -0.4 is 15.5 Å². The molecular weight excluding hydrogens is 286 g/mol. The molecule has 5 nitrogen and oxygen atoms in total. The van der Waals surface area contributed by atoms with E-state index < -0.39 is 0 Å². The van der Waals surface area contributed by atoms with E-state index in [1.54, 1.807) is 0 Å². The Balaban J connectivity index is 2.11. The highest BCUT2D eigenvalue weighted by Gasteiger charge is 2.04. The first-order valence-corrected chi connectivity index (χ1v) is 8.37. The van der Waals surface area contributed by atoms with Gasteiger partial charge in [-0.2, -0.15) is 4.98 Å². The third-order valence-electron chi connectivity index (χ3n) is 3.66. The van der Waals surface area contributed by atoms with Crippen LogP contribution in [0.5, 0.6) is 0 Å². The first-order chi connectivity index (χ1) is 11.2. The van der Waals surface area contributed by atoms with Gasteiger partial charge in [0.25, 0.3) is 0 Å². The van der Waals surface area contributed by atoms with Crippen molar-refractivity contribution < 1.29 is 0 Å². The van der Waals surface area contributed by atoms with Crippen LogP contribution in [0.15, 0.2) is 30.3 Å². The Hall–Kier alpha value is -2.30. The van der Waals surface area contributed by atoms with Gasteiger partial charge in [0.15, 0.2) is 0 Å². The van der Waals surface area contributed by atoms with Crippen LogP contribution in [0.25, 0.3) is 0 Å². The van der Waals surface area contributed by atoms with Gasteiger partial charge in [-0.1, -0.05) is 6.92 Å². The van der Waals surface area contributed by atoms with E-state index in [1.165, 1.54) is 5.69 Å². The second-order valence-electron chi connectivity index (χ2n) is 5.49.